The van der Waals surface area contributed by atoms with Gasteiger partial charge in [-0.2, -0.15) is 0 Å². The fourth-order valence-corrected chi connectivity index (χ4v) is 2.67. The van der Waals surface area contributed by atoms with Crippen molar-refractivity contribution in [1.29, 1.82) is 0 Å². The smallest absolute Gasteiger partial charge is 0.191 e. The Morgan fingerprint density at radius 1 is 1.17 bits per heavy atom. The molecule has 0 amide bonds. The maximum Gasteiger partial charge on any atom is 0.191 e. The standard InChI is InChI=1S/C18H39N5O/c1-5-19-18(20-8-6-15-24-16-17(2)3)21-9-12-23-11-7-10-22(4)13-14-23/h17H,5-16H2,1-4H3,(H2,19,20,21). The normalized spacial score (nSPS) is 18.0. The Kier molecular flexibility index (Phi) is 11.9. The summed E-state index contributed by atoms with van der Waals surface area (Å²) in [5.74, 6) is 1.53. The van der Waals surface area contributed by atoms with Crippen molar-refractivity contribution in [2.24, 2.45) is 10.9 Å². The molecule has 0 radical (unpaired) electrons. The van der Waals surface area contributed by atoms with Gasteiger partial charge in [0.05, 0.1) is 0 Å². The SMILES string of the molecule is CCNC(=NCCCOCC(C)C)NCCN1CCCN(C)CC1. The van der Waals surface area contributed by atoms with E-state index in [4.69, 9.17) is 4.74 Å². The van der Waals surface area contributed by atoms with Gasteiger partial charge in [-0.15, -0.1) is 0 Å². The molecule has 0 saturated carbocycles. The van der Waals surface area contributed by atoms with Crippen LogP contribution in [0.25, 0.3) is 0 Å². The van der Waals surface area contributed by atoms with Gasteiger partial charge in [-0.3, -0.25) is 4.99 Å². The Balaban J connectivity index is 2.18. The second-order valence-corrected chi connectivity index (χ2v) is 7.01. The topological polar surface area (TPSA) is 52.1 Å². The number of hydrogen-bond donors (Lipinski definition) is 2. The van der Waals surface area contributed by atoms with Gasteiger partial charge in [0, 0.05) is 52.5 Å². The Hall–Kier alpha value is -0.850. The van der Waals surface area contributed by atoms with Crippen LogP contribution < -0.4 is 10.6 Å². The quantitative estimate of drug-likeness (QED) is 0.356. The van der Waals surface area contributed by atoms with Crippen LogP contribution in [0.15, 0.2) is 4.99 Å². The Labute approximate surface area is 149 Å². The first-order valence-corrected chi connectivity index (χ1v) is 9.62. The van der Waals surface area contributed by atoms with Crippen LogP contribution in [-0.4, -0.2) is 88.4 Å². The van der Waals surface area contributed by atoms with Crippen molar-refractivity contribution in [1.82, 2.24) is 20.4 Å². The van der Waals surface area contributed by atoms with E-state index in [0.717, 1.165) is 51.8 Å². The molecule has 6 nitrogen and oxygen atoms in total. The average Bonchev–Trinajstić information content (AvgIpc) is 2.75. The van der Waals surface area contributed by atoms with E-state index in [-0.39, 0.29) is 0 Å². The van der Waals surface area contributed by atoms with Crippen LogP contribution >= 0.6 is 0 Å². The summed E-state index contributed by atoms with van der Waals surface area (Å²) in [5, 5.41) is 6.77. The minimum absolute atomic E-state index is 0.603. The number of ether oxygens (including phenoxy) is 1. The Bertz CT molecular complexity index is 335. The second kappa shape index (κ2) is 13.4. The number of guanidine groups is 1. The molecule has 142 valence electrons. The van der Waals surface area contributed by atoms with E-state index in [1.54, 1.807) is 0 Å². The van der Waals surface area contributed by atoms with Gasteiger partial charge in [-0.1, -0.05) is 13.8 Å². The van der Waals surface area contributed by atoms with Gasteiger partial charge >= 0.3 is 0 Å². The molecular formula is C18H39N5O. The molecule has 6 heteroatoms. The van der Waals surface area contributed by atoms with Crippen LogP contribution in [0.5, 0.6) is 0 Å². The summed E-state index contributed by atoms with van der Waals surface area (Å²) in [5.41, 5.74) is 0. The maximum atomic E-state index is 5.60. The third-order valence-electron chi connectivity index (χ3n) is 4.04. The van der Waals surface area contributed by atoms with Gasteiger partial charge in [0.25, 0.3) is 0 Å². The highest BCUT2D eigenvalue weighted by Crippen LogP contribution is 1.99. The molecule has 1 saturated heterocycles. The summed E-state index contributed by atoms with van der Waals surface area (Å²) in [6.07, 6.45) is 2.24. The predicted octanol–water partition coefficient (Wildman–Crippen LogP) is 1.24. The molecule has 0 bridgehead atoms. The van der Waals surface area contributed by atoms with Crippen molar-refractivity contribution in [3.8, 4) is 0 Å². The van der Waals surface area contributed by atoms with Gasteiger partial charge in [0.1, 0.15) is 0 Å². The van der Waals surface area contributed by atoms with E-state index in [9.17, 15) is 0 Å². The highest BCUT2D eigenvalue weighted by atomic mass is 16.5. The van der Waals surface area contributed by atoms with Crippen LogP contribution in [0.3, 0.4) is 0 Å². The lowest BCUT2D eigenvalue weighted by Crippen LogP contribution is -2.42. The van der Waals surface area contributed by atoms with E-state index < -0.39 is 0 Å². The molecule has 0 spiro atoms. The summed E-state index contributed by atoms with van der Waals surface area (Å²) in [7, 11) is 2.21. The van der Waals surface area contributed by atoms with Crippen LogP contribution in [0, 0.1) is 5.92 Å². The summed E-state index contributed by atoms with van der Waals surface area (Å²) in [6.45, 7) is 16.6. The summed E-state index contributed by atoms with van der Waals surface area (Å²) < 4.78 is 5.60. The molecule has 1 aliphatic rings. The molecule has 0 atom stereocenters. The zero-order valence-corrected chi connectivity index (χ0v) is 16.3. The molecule has 2 N–H and O–H groups in total. The third kappa shape index (κ3) is 10.8. The first-order valence-electron chi connectivity index (χ1n) is 9.62. The highest BCUT2D eigenvalue weighted by molar-refractivity contribution is 5.79. The van der Waals surface area contributed by atoms with Crippen molar-refractivity contribution in [2.45, 2.75) is 33.6 Å². The van der Waals surface area contributed by atoms with E-state index in [1.165, 1.54) is 32.6 Å². The van der Waals surface area contributed by atoms with Gasteiger partial charge in [-0.25, -0.2) is 0 Å². The second-order valence-electron chi connectivity index (χ2n) is 7.01. The largest absolute Gasteiger partial charge is 0.381 e. The summed E-state index contributed by atoms with van der Waals surface area (Å²) >= 11 is 0. The lowest BCUT2D eigenvalue weighted by Gasteiger charge is -2.21. The van der Waals surface area contributed by atoms with Crippen molar-refractivity contribution >= 4 is 5.96 Å². The zero-order valence-electron chi connectivity index (χ0n) is 16.3. The number of likely N-dealkylation sites (N-methyl/N-ethyl adjacent to an activating group) is 1. The predicted molar refractivity (Wildman–Crippen MR) is 103 cm³/mol. The number of nitrogens with zero attached hydrogens (tertiary/aromatic N) is 3. The van der Waals surface area contributed by atoms with Crippen LogP contribution in [0.2, 0.25) is 0 Å². The van der Waals surface area contributed by atoms with Crippen LogP contribution in [0.4, 0.5) is 0 Å². The molecule has 1 rings (SSSR count). The molecule has 0 aromatic rings. The summed E-state index contributed by atoms with van der Waals surface area (Å²) in [6, 6.07) is 0. The first kappa shape index (κ1) is 21.2. The van der Waals surface area contributed by atoms with Crippen LogP contribution in [-0.2, 0) is 4.74 Å². The van der Waals surface area contributed by atoms with E-state index in [0.29, 0.717) is 5.92 Å². The number of nitrogens with one attached hydrogen (secondary N) is 2. The molecule has 0 aromatic carbocycles. The molecule has 0 unspecified atom stereocenters. The minimum atomic E-state index is 0.603. The van der Waals surface area contributed by atoms with E-state index >= 15 is 0 Å². The summed E-state index contributed by atoms with van der Waals surface area (Å²) in [4.78, 5) is 9.59. The third-order valence-corrected chi connectivity index (χ3v) is 4.04. The van der Waals surface area contributed by atoms with Gasteiger partial charge in [0.2, 0.25) is 0 Å². The van der Waals surface area contributed by atoms with E-state index in [1.807, 2.05) is 0 Å². The zero-order chi connectivity index (χ0) is 17.6. The van der Waals surface area contributed by atoms with Gasteiger partial charge < -0.3 is 25.2 Å². The molecule has 0 aromatic heterocycles. The number of hydrogen-bond acceptors (Lipinski definition) is 4. The first-order chi connectivity index (χ1) is 11.6. The molecular weight excluding hydrogens is 302 g/mol. The van der Waals surface area contributed by atoms with Gasteiger partial charge in [0.15, 0.2) is 5.96 Å². The Morgan fingerprint density at radius 2 is 2.00 bits per heavy atom. The number of aliphatic imine (C=N–C) groups is 1. The molecule has 1 fully saturated rings. The van der Waals surface area contributed by atoms with Crippen molar-refractivity contribution in [3.63, 3.8) is 0 Å². The fraction of sp³-hybridized carbons (Fsp3) is 0.944. The average molecular weight is 342 g/mol. The molecule has 0 aliphatic carbocycles. The van der Waals surface area contributed by atoms with Crippen molar-refractivity contribution < 1.29 is 4.74 Å². The minimum Gasteiger partial charge on any atom is -0.381 e. The highest BCUT2D eigenvalue weighted by Gasteiger charge is 2.11. The Morgan fingerprint density at radius 3 is 2.75 bits per heavy atom. The lowest BCUT2D eigenvalue weighted by molar-refractivity contribution is 0.109. The molecule has 1 aliphatic heterocycles. The van der Waals surface area contributed by atoms with E-state index in [2.05, 4.69) is 53.2 Å². The number of rotatable bonds is 10. The van der Waals surface area contributed by atoms with Crippen molar-refractivity contribution in [3.05, 3.63) is 0 Å². The monoisotopic (exact) mass is 341 g/mol. The van der Waals surface area contributed by atoms with Gasteiger partial charge in [-0.05, 0) is 45.8 Å². The molecule has 24 heavy (non-hydrogen) atoms. The molecule has 1 heterocycles. The lowest BCUT2D eigenvalue weighted by atomic mass is 10.2. The van der Waals surface area contributed by atoms with Crippen molar-refractivity contribution in [2.75, 3.05) is 72.6 Å². The fourth-order valence-electron chi connectivity index (χ4n) is 2.67. The van der Waals surface area contributed by atoms with Crippen LogP contribution in [0.1, 0.15) is 33.6 Å². The maximum absolute atomic E-state index is 5.60.